The molecule has 0 atom stereocenters. The van der Waals surface area contributed by atoms with Crippen molar-refractivity contribution in [2.24, 2.45) is 0 Å². The Kier molecular flexibility index (Phi) is 824. The van der Waals surface area contributed by atoms with Crippen LogP contribution in [0.5, 0.6) is 0 Å². The summed E-state index contributed by atoms with van der Waals surface area (Å²) < 4.78 is 0. The van der Waals surface area contributed by atoms with Crippen LogP contribution in [-0.4, -0.2) is 88.6 Å². The van der Waals surface area contributed by atoms with Crippen LogP contribution in [0.25, 0.3) is 0 Å². The van der Waals surface area contributed by atoms with Crippen molar-refractivity contribution in [2.45, 2.75) is 0 Å². The van der Waals surface area contributed by atoms with Gasteiger partial charge in [-0.2, -0.15) is 0 Å². The van der Waals surface area contributed by atoms with Crippen molar-refractivity contribution in [1.82, 2.24) is 0 Å². The smallest absolute Gasteiger partial charge is 0.907 e. The largest absolute Gasteiger partial charge is 3.00 e. The Labute approximate surface area is 191 Å². The molecule has 0 rings (SSSR count). The van der Waals surface area contributed by atoms with Gasteiger partial charge >= 0.3 is 75.8 Å². The molecule has 0 aromatic heterocycles. The summed E-state index contributed by atoms with van der Waals surface area (Å²) in [7, 11) is -8.75. The zero-order valence-corrected chi connectivity index (χ0v) is 22.7. The molecular weight excluding hydrogens is 544 g/mol. The molecule has 0 amide bonds. The molecule has 0 radical (unpaired) electrons. The summed E-state index contributed by atoms with van der Waals surface area (Å²) in [4.78, 5) is 0. The van der Waals surface area contributed by atoms with Crippen LogP contribution >= 0.6 is 0 Å². The van der Waals surface area contributed by atoms with Crippen LogP contribution in [0.2, 0.25) is 0 Å². The van der Waals surface area contributed by atoms with E-state index in [-0.39, 0.29) is 125 Å². The Morgan fingerprint density at radius 3 is 0.280 bits per heavy atom. The summed E-state index contributed by atoms with van der Waals surface area (Å²) in [5, 5.41) is 75.8. The quantitative estimate of drug-likeness (QED) is 0.253. The van der Waals surface area contributed by atoms with Gasteiger partial charge in [0.15, 0.2) is 0 Å². The van der Waals surface area contributed by atoms with Crippen LogP contribution in [0.3, 0.4) is 0 Å². The van der Waals surface area contributed by atoms with Gasteiger partial charge in [-0.1, -0.05) is 0 Å². The first kappa shape index (κ1) is 152. The van der Waals surface area contributed by atoms with Gasteiger partial charge in [-0.3, -0.25) is 22.0 Å². The molecule has 0 bridgehead atoms. The fourth-order valence-electron chi connectivity index (χ4n) is 0. The number of rotatable bonds is 0. The van der Waals surface area contributed by atoms with Crippen LogP contribution in [-0.2, 0) is 58.4 Å². The van der Waals surface area contributed by atoms with Crippen molar-refractivity contribution < 1.29 is 153 Å². The maximum absolute atomic E-state index is 8.42. The molecule has 144 valence electrons. The van der Waals surface area contributed by atoms with E-state index in [9.17, 15) is 0 Å². The summed E-state index contributed by atoms with van der Waals surface area (Å²) in [6, 6.07) is 0. The van der Waals surface area contributed by atoms with Gasteiger partial charge in [0.25, 0.3) is 0 Å². The van der Waals surface area contributed by atoms with Gasteiger partial charge in [-0.25, -0.2) is 0 Å². The van der Waals surface area contributed by atoms with E-state index in [1.54, 1.807) is 0 Å². The number of hydrogen-bond donors (Lipinski definition) is 0. The van der Waals surface area contributed by atoms with Crippen LogP contribution in [0, 0.1) is 0 Å². The summed E-state index contributed by atoms with van der Waals surface area (Å²) in [6.45, 7) is 0. The zero-order chi connectivity index (χ0) is 10.7. The van der Waals surface area contributed by atoms with Gasteiger partial charge in [0, 0.05) is 0 Å². The van der Waals surface area contributed by atoms with Crippen LogP contribution in [0.1, 0.15) is 0 Å². The molecule has 0 heterocycles. The number of hydrogen-bond acceptors (Lipinski definition) is 9. The molecule has 0 aliphatic rings. The molecule has 0 saturated carbocycles. The molecule has 0 fully saturated rings. The predicted molar refractivity (Wildman–Crippen MR) is 55.5 cm³/mol. The van der Waals surface area contributed by atoms with Crippen molar-refractivity contribution >= 4 is 39.3 Å². The monoisotopic (exact) mass is 558 g/mol. The van der Waals surface area contributed by atoms with E-state index >= 15 is 0 Å². The second-order valence-corrected chi connectivity index (χ2v) is 0.866. The molecule has 25 heteroatoms. The topological polar surface area (TPSA) is 491 Å². The van der Waals surface area contributed by atoms with E-state index in [4.69, 9.17) is 45.2 Å². The Balaban J connectivity index is -0.00000000276. The zero-order valence-electron chi connectivity index (χ0n) is 12.6. The van der Waals surface area contributed by atoms with Gasteiger partial charge < -0.3 is 94.5 Å². The van der Waals surface area contributed by atoms with Gasteiger partial charge in [0.1, 0.15) is 0 Å². The molecule has 0 aromatic rings. The molecule has 18 nitrogen and oxygen atoms in total. The fraction of sp³-hybridized carbons (Fsp3) is 0. The van der Waals surface area contributed by atoms with Crippen LogP contribution in [0.15, 0.2) is 0 Å². The second-order valence-electron chi connectivity index (χ2n) is 0.866. The minimum absolute atomic E-state index is 0. The van der Waals surface area contributed by atoms with E-state index in [0.717, 1.165) is 0 Å². The van der Waals surface area contributed by atoms with Gasteiger partial charge in [0.2, 0.25) is 0 Å². The minimum Gasteiger partial charge on any atom is -0.907 e. The first-order chi connectivity index (χ1) is 5.20. The standard InChI is InChI=1S/Al.3BO3.9H2O.3Zn/c;3*2-1(3)4;;;;;;;;;;;;/h;;;;9*1H2;;;/q+3;3*-3;;;;;;;;;;3*+2. The third-order valence-corrected chi connectivity index (χ3v) is 0. The third kappa shape index (κ3) is 4190. The maximum atomic E-state index is 8.42. The average molecular weight is 562 g/mol. The summed E-state index contributed by atoms with van der Waals surface area (Å²) in [5.74, 6) is 0. The Hall–Kier alpha value is 1.88. The van der Waals surface area contributed by atoms with Crippen molar-refractivity contribution in [3.63, 3.8) is 0 Å². The molecule has 0 aliphatic heterocycles. The molecule has 0 aromatic carbocycles. The Morgan fingerprint density at radius 2 is 0.280 bits per heavy atom. The van der Waals surface area contributed by atoms with Crippen molar-refractivity contribution in [3.05, 3.63) is 0 Å². The van der Waals surface area contributed by atoms with Crippen molar-refractivity contribution in [2.75, 3.05) is 0 Å². The summed E-state index contributed by atoms with van der Waals surface area (Å²) in [6.07, 6.45) is 0. The van der Waals surface area contributed by atoms with Gasteiger partial charge in [0.05, 0.1) is 0 Å². The molecule has 25 heavy (non-hydrogen) atoms. The minimum atomic E-state index is -2.92. The van der Waals surface area contributed by atoms with Crippen molar-refractivity contribution in [3.8, 4) is 0 Å². The van der Waals surface area contributed by atoms with E-state index in [1.165, 1.54) is 0 Å². The van der Waals surface area contributed by atoms with E-state index in [2.05, 4.69) is 0 Å². The normalized spacial score (nSPS) is 3.24. The van der Waals surface area contributed by atoms with Crippen molar-refractivity contribution in [1.29, 1.82) is 0 Å². The van der Waals surface area contributed by atoms with Crippen LogP contribution < -0.4 is 45.2 Å². The predicted octanol–water partition coefficient (Wildman–Crippen LogP) is -19.7. The summed E-state index contributed by atoms with van der Waals surface area (Å²) >= 11 is 0. The molecule has 0 saturated heterocycles. The van der Waals surface area contributed by atoms with E-state index < -0.39 is 22.0 Å². The average Bonchev–Trinajstić information content (AvgIpc) is 1.54. The van der Waals surface area contributed by atoms with E-state index in [1.807, 2.05) is 0 Å². The molecule has 0 aliphatic carbocycles. The maximum Gasteiger partial charge on any atom is 3.00 e. The third-order valence-electron chi connectivity index (χ3n) is 0. The van der Waals surface area contributed by atoms with Crippen LogP contribution in [0.4, 0.5) is 0 Å². The van der Waals surface area contributed by atoms with E-state index in [0.29, 0.717) is 0 Å². The fourth-order valence-corrected chi connectivity index (χ4v) is 0. The first-order valence-corrected chi connectivity index (χ1v) is 2.12. The molecule has 0 spiro atoms. The molecule has 0 unspecified atom stereocenters. The summed E-state index contributed by atoms with van der Waals surface area (Å²) in [5.41, 5.74) is 0. The molecule has 18 N–H and O–H groups in total. The molecular formula is H18AlB3O18Zn3. The second kappa shape index (κ2) is 135. The first-order valence-electron chi connectivity index (χ1n) is 2.12. The Morgan fingerprint density at radius 1 is 0.280 bits per heavy atom. The van der Waals surface area contributed by atoms with Gasteiger partial charge in [-0.05, 0) is 0 Å². The van der Waals surface area contributed by atoms with Gasteiger partial charge in [-0.15, -0.1) is 0 Å². The Bertz CT molecular complexity index is 60.1. The SMILES string of the molecule is O.O.O.O.O.O.O.O.O.[Al+3].[O-]B([O-])[O-].[O-]B([O-])[O-].[O-]B([O-])[O-].[Zn+2].[Zn+2].[Zn+2].